The van der Waals surface area contributed by atoms with Crippen molar-refractivity contribution in [2.24, 2.45) is 0 Å². The number of hydrogen-bond donors (Lipinski definition) is 0. The molecule has 0 radical (unpaired) electrons. The summed E-state index contributed by atoms with van der Waals surface area (Å²) in [4.78, 5) is 21.1. The topological polar surface area (TPSA) is 75.5 Å². The van der Waals surface area contributed by atoms with E-state index in [9.17, 15) is 13.6 Å². The molecule has 2 aromatic heterocycles. The molecule has 4 rings (SSSR count). The van der Waals surface area contributed by atoms with Gasteiger partial charge in [-0.05, 0) is 41.8 Å². The Kier molecular flexibility index (Phi) is 12.8. The molecule has 4 aromatic rings. The highest BCUT2D eigenvalue weighted by atomic mass is 32.2. The summed E-state index contributed by atoms with van der Waals surface area (Å²) < 4.78 is 45.1. The monoisotopic (exact) mass is 583 g/mol. The Morgan fingerprint density at radius 3 is 2.37 bits per heavy atom. The highest BCUT2D eigenvalue weighted by molar-refractivity contribution is 7.99. The van der Waals surface area contributed by atoms with E-state index in [1.165, 1.54) is 35.6 Å². The average molecular weight is 584 g/mol. The lowest BCUT2D eigenvalue weighted by molar-refractivity contribution is 0.122. The molecule has 0 saturated carbocycles. The van der Waals surface area contributed by atoms with Crippen LogP contribution in [-0.4, -0.2) is 41.1 Å². The predicted molar refractivity (Wildman–Crippen MR) is 158 cm³/mol. The van der Waals surface area contributed by atoms with E-state index in [4.69, 9.17) is 14.2 Å². The molecule has 2 heterocycles. The van der Waals surface area contributed by atoms with E-state index in [1.54, 1.807) is 31.5 Å². The molecule has 0 bridgehead atoms. The fraction of sp³-hybridized carbons (Fsp3) is 0.323. The van der Waals surface area contributed by atoms with Crippen LogP contribution in [0.3, 0.4) is 0 Å². The number of benzene rings is 2. The minimum atomic E-state index is -2.75. The molecule has 41 heavy (non-hydrogen) atoms. The van der Waals surface area contributed by atoms with Crippen LogP contribution in [-0.2, 0) is 17.9 Å². The van der Waals surface area contributed by atoms with E-state index in [-0.39, 0.29) is 23.0 Å². The number of alkyl halides is 2. The zero-order valence-electron chi connectivity index (χ0n) is 23.7. The second-order valence-electron chi connectivity index (χ2n) is 8.57. The molecule has 0 amide bonds. The molecular formula is C31H35F2N3O4S. The summed E-state index contributed by atoms with van der Waals surface area (Å²) in [5.74, 6) is 1.74. The predicted octanol–water partition coefficient (Wildman–Crippen LogP) is 7.03. The van der Waals surface area contributed by atoms with Crippen molar-refractivity contribution in [2.45, 2.75) is 45.0 Å². The Hall–Kier alpha value is -3.76. The Labute approximate surface area is 243 Å². The van der Waals surface area contributed by atoms with Crippen molar-refractivity contribution < 1.29 is 23.0 Å². The Balaban J connectivity index is 0.00000226. The molecule has 0 N–H and O–H groups in total. The van der Waals surface area contributed by atoms with E-state index >= 15 is 0 Å². The van der Waals surface area contributed by atoms with Gasteiger partial charge in [0, 0.05) is 30.2 Å². The van der Waals surface area contributed by atoms with Crippen molar-refractivity contribution in [1.29, 1.82) is 0 Å². The molecule has 0 aliphatic carbocycles. The number of thioether (sulfide) groups is 1. The average Bonchev–Trinajstić information content (AvgIpc) is 3.01. The lowest BCUT2D eigenvalue weighted by Crippen LogP contribution is -2.19. The van der Waals surface area contributed by atoms with Crippen LogP contribution in [0.15, 0.2) is 82.9 Å². The van der Waals surface area contributed by atoms with Crippen LogP contribution in [0.4, 0.5) is 8.78 Å². The summed E-state index contributed by atoms with van der Waals surface area (Å²) in [6.45, 7) is 5.31. The van der Waals surface area contributed by atoms with Crippen LogP contribution in [0, 0.1) is 0 Å². The minimum absolute atomic E-state index is 0.234. The zero-order valence-corrected chi connectivity index (χ0v) is 24.5. The minimum Gasteiger partial charge on any atom is -0.493 e. The third-order valence-corrected chi connectivity index (χ3v) is 6.74. The number of ether oxygens (including phenoxy) is 3. The maximum absolute atomic E-state index is 13.7. The van der Waals surface area contributed by atoms with Gasteiger partial charge < -0.3 is 18.8 Å². The van der Waals surface area contributed by atoms with E-state index in [0.717, 1.165) is 11.1 Å². The number of rotatable bonds is 13. The van der Waals surface area contributed by atoms with Gasteiger partial charge in [0.25, 0.3) is 12.0 Å². The first-order valence-electron chi connectivity index (χ1n) is 13.3. The van der Waals surface area contributed by atoms with E-state index in [1.807, 2.05) is 50.2 Å². The Bertz CT molecular complexity index is 1430. The number of halogens is 2. The number of hydrogen-bond acceptors (Lipinski definition) is 7. The Morgan fingerprint density at radius 2 is 1.66 bits per heavy atom. The lowest BCUT2D eigenvalue weighted by Gasteiger charge is -2.12. The largest absolute Gasteiger partial charge is 0.493 e. The third-order valence-electron chi connectivity index (χ3n) is 5.80. The van der Waals surface area contributed by atoms with Gasteiger partial charge in [0.05, 0.1) is 33.1 Å². The molecule has 0 atom stereocenters. The number of pyridine rings is 1. The quantitative estimate of drug-likeness (QED) is 0.0950. The molecular weight excluding hydrogens is 548 g/mol. The van der Waals surface area contributed by atoms with Gasteiger partial charge in [-0.3, -0.25) is 4.79 Å². The second kappa shape index (κ2) is 16.5. The fourth-order valence-electron chi connectivity index (χ4n) is 3.84. The highest BCUT2D eigenvalue weighted by Gasteiger charge is 2.15. The summed E-state index contributed by atoms with van der Waals surface area (Å²) in [7, 11) is 3.09. The van der Waals surface area contributed by atoms with Crippen LogP contribution >= 0.6 is 11.8 Å². The van der Waals surface area contributed by atoms with Crippen LogP contribution < -0.4 is 15.0 Å². The van der Waals surface area contributed by atoms with Gasteiger partial charge in [-0.1, -0.05) is 62.0 Å². The number of methoxy groups -OCH3 is 2. The van der Waals surface area contributed by atoms with Crippen molar-refractivity contribution in [3.8, 4) is 22.8 Å². The summed E-state index contributed by atoms with van der Waals surface area (Å²) in [6.07, 6.45) is -0.425. The smallest absolute Gasteiger partial charge is 0.280 e. The van der Waals surface area contributed by atoms with Gasteiger partial charge in [-0.15, -0.1) is 0 Å². The number of nitrogens with zero attached hydrogens (tertiary/aromatic N) is 3. The highest BCUT2D eigenvalue weighted by Crippen LogP contribution is 2.29. The first kappa shape index (κ1) is 31.8. The number of aromatic nitrogens is 3. The molecule has 10 heteroatoms. The van der Waals surface area contributed by atoms with Crippen molar-refractivity contribution in [3.05, 3.63) is 100 Å². The summed E-state index contributed by atoms with van der Waals surface area (Å²) in [6, 6.07) is 19.5. The molecule has 0 spiro atoms. The maximum atomic E-state index is 13.7. The van der Waals surface area contributed by atoms with Crippen LogP contribution in [0.25, 0.3) is 11.3 Å². The molecule has 7 nitrogen and oxygen atoms in total. The molecule has 0 fully saturated rings. The van der Waals surface area contributed by atoms with Crippen molar-refractivity contribution in [3.63, 3.8) is 0 Å². The Morgan fingerprint density at radius 1 is 0.902 bits per heavy atom. The SMILES string of the molecule is CC.COc1ccc(Cn2cc(-c3cc(C(F)F)nc(SCCCOCc4ccccc4)n3)ccc2=O)cc1OC. The van der Waals surface area contributed by atoms with Crippen LogP contribution in [0.1, 0.15) is 43.5 Å². The van der Waals surface area contributed by atoms with Crippen molar-refractivity contribution >= 4 is 11.8 Å². The molecule has 0 aliphatic heterocycles. The lowest BCUT2D eigenvalue weighted by atomic mass is 10.1. The standard InChI is InChI=1S/C29H29F2N3O4S.C2H6/c1-36-25-11-9-21(15-26(25)37-2)17-34-18-22(10-12-27(34)35)23-16-24(28(30)31)33-29(32-23)39-14-6-13-38-19-20-7-4-3-5-8-20;1-2/h3-5,7-12,15-16,18,28H,6,13-14,17,19H2,1-2H3;1-2H3. The summed E-state index contributed by atoms with van der Waals surface area (Å²) in [5.41, 5.74) is 2.17. The van der Waals surface area contributed by atoms with Gasteiger partial charge >= 0.3 is 0 Å². The van der Waals surface area contributed by atoms with Gasteiger partial charge in [0.1, 0.15) is 5.69 Å². The van der Waals surface area contributed by atoms with Gasteiger partial charge in [0.15, 0.2) is 16.7 Å². The third kappa shape index (κ3) is 9.40. The normalized spacial score (nSPS) is 10.7. The van der Waals surface area contributed by atoms with Gasteiger partial charge in [-0.2, -0.15) is 0 Å². The van der Waals surface area contributed by atoms with E-state index < -0.39 is 6.43 Å². The molecule has 0 unspecified atom stereocenters. The first-order chi connectivity index (χ1) is 20.0. The molecule has 0 aliphatic rings. The zero-order chi connectivity index (χ0) is 29.6. The molecule has 0 saturated heterocycles. The maximum Gasteiger partial charge on any atom is 0.280 e. The van der Waals surface area contributed by atoms with Crippen LogP contribution in [0.2, 0.25) is 0 Å². The van der Waals surface area contributed by atoms with Crippen molar-refractivity contribution in [2.75, 3.05) is 26.6 Å². The fourth-order valence-corrected chi connectivity index (χ4v) is 4.62. The second-order valence-corrected chi connectivity index (χ2v) is 9.64. The van der Waals surface area contributed by atoms with Gasteiger partial charge in [-0.25, -0.2) is 18.7 Å². The van der Waals surface area contributed by atoms with E-state index in [2.05, 4.69) is 9.97 Å². The molecule has 2 aromatic carbocycles. The van der Waals surface area contributed by atoms with Crippen molar-refractivity contribution in [1.82, 2.24) is 14.5 Å². The van der Waals surface area contributed by atoms with Gasteiger partial charge in [0.2, 0.25) is 0 Å². The summed E-state index contributed by atoms with van der Waals surface area (Å²) >= 11 is 1.29. The van der Waals surface area contributed by atoms with E-state index in [0.29, 0.717) is 48.1 Å². The first-order valence-corrected chi connectivity index (χ1v) is 14.3. The van der Waals surface area contributed by atoms with Crippen LogP contribution in [0.5, 0.6) is 11.5 Å². The molecule has 218 valence electrons. The summed E-state index contributed by atoms with van der Waals surface area (Å²) in [5, 5.41) is 0.253.